The van der Waals surface area contributed by atoms with Gasteiger partial charge in [0.25, 0.3) is 0 Å². The number of rotatable bonds is 1. The van der Waals surface area contributed by atoms with Crippen LogP contribution in [-0.2, 0) is 0 Å². The normalized spacial score (nSPS) is 34.1. The van der Waals surface area contributed by atoms with Gasteiger partial charge in [-0.25, -0.2) is 0 Å². The molecule has 1 heteroatoms. The molecular weight excluding hydrogens is 256 g/mol. The second kappa shape index (κ2) is 8.58. The first-order valence-corrected chi connectivity index (χ1v) is 8.53. The van der Waals surface area contributed by atoms with Gasteiger partial charge in [-0.2, -0.15) is 0 Å². The first-order valence-electron chi connectivity index (χ1n) is 8.53. The van der Waals surface area contributed by atoms with Gasteiger partial charge < -0.3 is 5.11 Å². The van der Waals surface area contributed by atoms with Crippen LogP contribution in [0.5, 0.6) is 0 Å². The van der Waals surface area contributed by atoms with Crippen molar-refractivity contribution in [3.8, 4) is 0 Å². The maximum atomic E-state index is 11.0. The molecule has 0 aromatic rings. The Morgan fingerprint density at radius 1 is 0.857 bits per heavy atom. The highest BCUT2D eigenvalue weighted by Crippen LogP contribution is 2.30. The van der Waals surface area contributed by atoms with Gasteiger partial charge in [-0.1, -0.05) is 48.8 Å². The summed E-state index contributed by atoms with van der Waals surface area (Å²) in [5.74, 6) is 0.296. The quantitative estimate of drug-likeness (QED) is 0.591. The standard InChI is InChI=1S/C20H34O/c1-16(2)20(21)14-12-18(4)10-6-8-17(3)9-7-11-19(5)13-15-20/h8,11-12,16,21H,6-7,9-10,13-15H2,1-5H3/b17-8-,18-12+,19-11-/t20-/m1/s1. The van der Waals surface area contributed by atoms with E-state index in [-0.39, 0.29) is 0 Å². The number of hydrogen-bond acceptors (Lipinski definition) is 1. The van der Waals surface area contributed by atoms with Gasteiger partial charge in [0.05, 0.1) is 5.60 Å². The SMILES string of the molecule is C/C1=C/CC/C(C)=C/C[C@](O)(C(C)C)CC/C(C)=C\CC1. The maximum absolute atomic E-state index is 11.0. The molecular formula is C20H34O. The van der Waals surface area contributed by atoms with Crippen molar-refractivity contribution in [3.05, 3.63) is 34.9 Å². The fourth-order valence-corrected chi connectivity index (χ4v) is 2.79. The van der Waals surface area contributed by atoms with Crippen LogP contribution in [0.15, 0.2) is 34.9 Å². The van der Waals surface area contributed by atoms with Crippen molar-refractivity contribution in [3.63, 3.8) is 0 Å². The Hall–Kier alpha value is -0.820. The third kappa shape index (κ3) is 6.65. The van der Waals surface area contributed by atoms with E-state index in [1.165, 1.54) is 16.7 Å². The number of hydrogen-bond donors (Lipinski definition) is 1. The van der Waals surface area contributed by atoms with E-state index in [1.54, 1.807) is 0 Å². The van der Waals surface area contributed by atoms with E-state index < -0.39 is 5.60 Å². The lowest BCUT2D eigenvalue weighted by molar-refractivity contribution is -0.0101. The lowest BCUT2D eigenvalue weighted by atomic mass is 9.81. The molecule has 1 aliphatic rings. The molecule has 1 nitrogen and oxygen atoms in total. The van der Waals surface area contributed by atoms with E-state index in [2.05, 4.69) is 52.8 Å². The molecule has 0 aromatic heterocycles. The minimum Gasteiger partial charge on any atom is -0.389 e. The Bertz CT molecular complexity index is 412. The van der Waals surface area contributed by atoms with Gasteiger partial charge in [0.1, 0.15) is 0 Å². The fourth-order valence-electron chi connectivity index (χ4n) is 2.79. The highest BCUT2D eigenvalue weighted by atomic mass is 16.3. The fraction of sp³-hybridized carbons (Fsp3) is 0.700. The summed E-state index contributed by atoms with van der Waals surface area (Å²) in [5, 5.41) is 11.0. The molecule has 1 aliphatic carbocycles. The van der Waals surface area contributed by atoms with E-state index in [9.17, 15) is 5.11 Å². The van der Waals surface area contributed by atoms with Crippen LogP contribution in [0.4, 0.5) is 0 Å². The molecule has 0 radical (unpaired) electrons. The molecule has 0 bridgehead atoms. The van der Waals surface area contributed by atoms with Gasteiger partial charge in [0.15, 0.2) is 0 Å². The van der Waals surface area contributed by atoms with Crippen molar-refractivity contribution in [2.75, 3.05) is 0 Å². The largest absolute Gasteiger partial charge is 0.389 e. The zero-order valence-electron chi connectivity index (χ0n) is 14.7. The van der Waals surface area contributed by atoms with E-state index >= 15 is 0 Å². The first kappa shape index (κ1) is 18.2. The van der Waals surface area contributed by atoms with Crippen molar-refractivity contribution >= 4 is 0 Å². The van der Waals surface area contributed by atoms with Gasteiger partial charge in [0.2, 0.25) is 0 Å². The van der Waals surface area contributed by atoms with E-state index in [4.69, 9.17) is 0 Å². The van der Waals surface area contributed by atoms with Gasteiger partial charge >= 0.3 is 0 Å². The maximum Gasteiger partial charge on any atom is 0.0707 e. The minimum absolute atomic E-state index is 0.296. The monoisotopic (exact) mass is 290 g/mol. The summed E-state index contributed by atoms with van der Waals surface area (Å²) in [4.78, 5) is 0. The van der Waals surface area contributed by atoms with Crippen molar-refractivity contribution < 1.29 is 5.11 Å². The highest BCUT2D eigenvalue weighted by Gasteiger charge is 2.29. The van der Waals surface area contributed by atoms with Crippen LogP contribution in [0, 0.1) is 5.92 Å². The lowest BCUT2D eigenvalue weighted by Crippen LogP contribution is -2.34. The average molecular weight is 290 g/mol. The molecule has 0 amide bonds. The molecule has 0 spiro atoms. The third-order valence-corrected chi connectivity index (χ3v) is 4.89. The number of allylic oxidation sites excluding steroid dienone is 5. The molecule has 120 valence electrons. The first-order chi connectivity index (χ1) is 9.83. The molecule has 0 aliphatic heterocycles. The molecule has 0 fully saturated rings. The zero-order valence-corrected chi connectivity index (χ0v) is 14.7. The van der Waals surface area contributed by atoms with Crippen LogP contribution in [-0.4, -0.2) is 10.7 Å². The van der Waals surface area contributed by atoms with Gasteiger partial charge in [-0.3, -0.25) is 0 Å². The summed E-state index contributed by atoms with van der Waals surface area (Å²) in [5.41, 5.74) is 3.76. The Labute approximate surface area is 131 Å². The molecule has 0 saturated heterocycles. The van der Waals surface area contributed by atoms with Gasteiger partial charge in [-0.15, -0.1) is 0 Å². The predicted molar refractivity (Wildman–Crippen MR) is 93.4 cm³/mol. The smallest absolute Gasteiger partial charge is 0.0707 e. The van der Waals surface area contributed by atoms with Crippen LogP contribution in [0.2, 0.25) is 0 Å². The second-order valence-electron chi connectivity index (χ2n) is 7.19. The Kier molecular flexibility index (Phi) is 7.45. The minimum atomic E-state index is -0.563. The van der Waals surface area contributed by atoms with Crippen LogP contribution < -0.4 is 0 Å². The van der Waals surface area contributed by atoms with Crippen LogP contribution in [0.1, 0.15) is 79.6 Å². The molecule has 0 unspecified atom stereocenters. The summed E-state index contributed by atoms with van der Waals surface area (Å²) < 4.78 is 0. The lowest BCUT2D eigenvalue weighted by Gasteiger charge is -2.32. The van der Waals surface area contributed by atoms with E-state index in [0.717, 1.165) is 44.9 Å². The van der Waals surface area contributed by atoms with E-state index in [0.29, 0.717) is 5.92 Å². The van der Waals surface area contributed by atoms with Crippen molar-refractivity contribution in [2.45, 2.75) is 85.2 Å². The van der Waals surface area contributed by atoms with Crippen molar-refractivity contribution in [2.24, 2.45) is 5.92 Å². The summed E-state index contributed by atoms with van der Waals surface area (Å²) >= 11 is 0. The number of aliphatic hydroxyl groups is 1. The van der Waals surface area contributed by atoms with Gasteiger partial charge in [0, 0.05) is 0 Å². The predicted octanol–water partition coefficient (Wildman–Crippen LogP) is 5.96. The molecule has 1 N–H and O–H groups in total. The van der Waals surface area contributed by atoms with Gasteiger partial charge in [-0.05, 0) is 71.6 Å². The molecule has 0 aromatic carbocycles. The van der Waals surface area contributed by atoms with Crippen molar-refractivity contribution in [1.29, 1.82) is 0 Å². The molecule has 1 atom stereocenters. The Morgan fingerprint density at radius 2 is 1.33 bits per heavy atom. The summed E-state index contributed by atoms with van der Waals surface area (Å²) in [7, 11) is 0. The van der Waals surface area contributed by atoms with Crippen molar-refractivity contribution in [1.82, 2.24) is 0 Å². The van der Waals surface area contributed by atoms with E-state index in [1.807, 2.05) is 0 Å². The highest BCUT2D eigenvalue weighted by molar-refractivity contribution is 5.09. The Balaban J connectivity index is 2.88. The summed E-state index contributed by atoms with van der Waals surface area (Å²) in [6.07, 6.45) is 14.2. The molecule has 0 saturated carbocycles. The Morgan fingerprint density at radius 3 is 1.86 bits per heavy atom. The summed E-state index contributed by atoms with van der Waals surface area (Å²) in [6.45, 7) is 10.9. The topological polar surface area (TPSA) is 20.2 Å². The molecule has 0 heterocycles. The second-order valence-corrected chi connectivity index (χ2v) is 7.19. The molecule has 1 rings (SSSR count). The zero-order chi connectivity index (χ0) is 15.9. The molecule has 21 heavy (non-hydrogen) atoms. The summed E-state index contributed by atoms with van der Waals surface area (Å²) in [6, 6.07) is 0. The van der Waals surface area contributed by atoms with Crippen LogP contribution >= 0.6 is 0 Å². The average Bonchev–Trinajstić information content (AvgIpc) is 2.42. The van der Waals surface area contributed by atoms with Crippen LogP contribution in [0.3, 0.4) is 0 Å². The van der Waals surface area contributed by atoms with Crippen LogP contribution in [0.25, 0.3) is 0 Å². The third-order valence-electron chi connectivity index (χ3n) is 4.89.